The molecular weight excluding hydrogens is 268 g/mol. The van der Waals surface area contributed by atoms with Crippen molar-refractivity contribution in [2.24, 2.45) is 0 Å². The molecule has 1 aliphatic rings. The van der Waals surface area contributed by atoms with Crippen LogP contribution >= 0.6 is 0 Å². The average Bonchev–Trinajstić information content (AvgIpc) is 2.84. The molecule has 2 N–H and O–H groups in total. The Morgan fingerprint density at radius 1 is 1.10 bits per heavy atom. The predicted molar refractivity (Wildman–Crippen MR) is 81.7 cm³/mol. The third-order valence-corrected chi connectivity index (χ3v) is 4.46. The van der Waals surface area contributed by atoms with Gasteiger partial charge >= 0.3 is 5.69 Å². The average molecular weight is 290 g/mol. The maximum absolute atomic E-state index is 11.9. The summed E-state index contributed by atoms with van der Waals surface area (Å²) in [6.45, 7) is 2.38. The summed E-state index contributed by atoms with van der Waals surface area (Å²) >= 11 is 0. The number of nitrogens with zero attached hydrogens (tertiary/aromatic N) is 2. The Balaban J connectivity index is 2.05. The van der Waals surface area contributed by atoms with Crippen molar-refractivity contribution < 1.29 is 0 Å². The Morgan fingerprint density at radius 2 is 1.76 bits per heavy atom. The fraction of sp³-hybridized carbons (Fsp3) is 0.667. The van der Waals surface area contributed by atoms with E-state index in [1.807, 2.05) is 6.92 Å². The molecule has 0 saturated heterocycles. The molecule has 2 heterocycles. The first-order valence-electron chi connectivity index (χ1n) is 7.93. The summed E-state index contributed by atoms with van der Waals surface area (Å²) in [6.07, 6.45) is 8.50. The van der Waals surface area contributed by atoms with E-state index in [1.54, 1.807) is 0 Å². The van der Waals surface area contributed by atoms with Crippen molar-refractivity contribution in [1.29, 1.82) is 0 Å². The lowest BCUT2D eigenvalue weighted by atomic mass is 9.91. The van der Waals surface area contributed by atoms with Gasteiger partial charge in [0, 0.05) is 12.5 Å². The maximum atomic E-state index is 11.9. The predicted octanol–water partition coefficient (Wildman–Crippen LogP) is 2.26. The standard InChI is InChI=1S/C15H22N4O2/c1-2-19-13-11(14(20)18-15(19)21)16-12(17-13)10-8-6-4-3-5-7-9-10/h10H,2-9H2,1H3,(H,16,17)(H,18,20,21). The summed E-state index contributed by atoms with van der Waals surface area (Å²) in [5.74, 6) is 1.24. The second-order valence-electron chi connectivity index (χ2n) is 5.87. The van der Waals surface area contributed by atoms with Crippen molar-refractivity contribution in [3.8, 4) is 0 Å². The fourth-order valence-electron chi connectivity index (χ4n) is 3.28. The lowest BCUT2D eigenvalue weighted by molar-refractivity contribution is 0.445. The minimum absolute atomic E-state index is 0.371. The van der Waals surface area contributed by atoms with E-state index < -0.39 is 0 Å². The van der Waals surface area contributed by atoms with Crippen LogP contribution in [0.5, 0.6) is 0 Å². The van der Waals surface area contributed by atoms with E-state index in [9.17, 15) is 9.59 Å². The van der Waals surface area contributed by atoms with Crippen molar-refractivity contribution in [3.63, 3.8) is 0 Å². The van der Waals surface area contributed by atoms with Crippen LogP contribution in [0, 0.1) is 0 Å². The number of aromatic nitrogens is 4. The molecule has 0 spiro atoms. The zero-order valence-corrected chi connectivity index (χ0v) is 12.4. The van der Waals surface area contributed by atoms with Crippen molar-refractivity contribution in [1.82, 2.24) is 19.5 Å². The van der Waals surface area contributed by atoms with Crippen molar-refractivity contribution in [3.05, 3.63) is 26.7 Å². The van der Waals surface area contributed by atoms with Gasteiger partial charge in [-0.1, -0.05) is 32.1 Å². The van der Waals surface area contributed by atoms with Crippen LogP contribution in [0.3, 0.4) is 0 Å². The van der Waals surface area contributed by atoms with Crippen LogP contribution in [0.25, 0.3) is 11.2 Å². The van der Waals surface area contributed by atoms with Crippen molar-refractivity contribution in [2.45, 2.75) is 64.3 Å². The number of imidazole rings is 1. The molecule has 6 nitrogen and oxygen atoms in total. The van der Waals surface area contributed by atoms with Gasteiger partial charge in [-0.15, -0.1) is 0 Å². The summed E-state index contributed by atoms with van der Waals surface area (Å²) < 4.78 is 1.51. The Bertz CT molecular complexity index is 732. The number of rotatable bonds is 2. The number of aromatic amines is 2. The van der Waals surface area contributed by atoms with E-state index in [4.69, 9.17) is 0 Å². The van der Waals surface area contributed by atoms with Crippen LogP contribution in [0.4, 0.5) is 0 Å². The molecule has 1 aliphatic carbocycles. The van der Waals surface area contributed by atoms with Crippen LogP contribution in [0.2, 0.25) is 0 Å². The topological polar surface area (TPSA) is 83.5 Å². The molecule has 1 saturated carbocycles. The highest BCUT2D eigenvalue weighted by Crippen LogP contribution is 2.29. The van der Waals surface area contributed by atoms with Crippen molar-refractivity contribution in [2.75, 3.05) is 0 Å². The van der Waals surface area contributed by atoms with E-state index >= 15 is 0 Å². The molecule has 114 valence electrons. The minimum Gasteiger partial charge on any atom is -0.336 e. The largest absolute Gasteiger partial charge is 0.336 e. The van der Waals surface area contributed by atoms with Crippen LogP contribution in [0.15, 0.2) is 9.59 Å². The van der Waals surface area contributed by atoms with Gasteiger partial charge in [-0.3, -0.25) is 14.3 Å². The highest BCUT2D eigenvalue weighted by atomic mass is 16.2. The van der Waals surface area contributed by atoms with Gasteiger partial charge < -0.3 is 4.98 Å². The first kappa shape index (κ1) is 14.1. The van der Waals surface area contributed by atoms with Gasteiger partial charge in [0.2, 0.25) is 0 Å². The van der Waals surface area contributed by atoms with Crippen molar-refractivity contribution >= 4 is 11.2 Å². The Kier molecular flexibility index (Phi) is 3.94. The summed E-state index contributed by atoms with van der Waals surface area (Å²) in [6, 6.07) is 0. The third kappa shape index (κ3) is 2.66. The zero-order valence-electron chi connectivity index (χ0n) is 12.4. The number of fused-ring (bicyclic) bond motifs is 1. The maximum Gasteiger partial charge on any atom is 0.330 e. The second kappa shape index (κ2) is 5.87. The molecule has 0 radical (unpaired) electrons. The van der Waals surface area contributed by atoms with E-state index in [2.05, 4.69) is 15.0 Å². The summed E-state index contributed by atoms with van der Waals surface area (Å²) in [7, 11) is 0. The number of nitrogens with one attached hydrogen (secondary N) is 2. The summed E-state index contributed by atoms with van der Waals surface area (Å²) in [5, 5.41) is 0. The smallest absolute Gasteiger partial charge is 0.330 e. The Hall–Kier alpha value is -1.85. The molecule has 6 heteroatoms. The molecule has 1 fully saturated rings. The van der Waals surface area contributed by atoms with Crippen LogP contribution in [-0.2, 0) is 6.54 Å². The number of H-pyrrole nitrogens is 2. The molecule has 2 aromatic rings. The minimum atomic E-state index is -0.384. The highest BCUT2D eigenvalue weighted by molar-refractivity contribution is 5.69. The SMILES string of the molecule is CCn1c(=O)[nH]c(=O)c2[nH]c(C3CCCCCCC3)nc21. The fourth-order valence-corrected chi connectivity index (χ4v) is 3.28. The number of hydrogen-bond donors (Lipinski definition) is 2. The first-order chi connectivity index (χ1) is 10.2. The van der Waals surface area contributed by atoms with Gasteiger partial charge in [-0.2, -0.15) is 0 Å². The van der Waals surface area contributed by atoms with Gasteiger partial charge in [0.05, 0.1) is 0 Å². The molecule has 0 unspecified atom stereocenters. The third-order valence-electron chi connectivity index (χ3n) is 4.46. The van der Waals surface area contributed by atoms with Crippen LogP contribution in [0.1, 0.15) is 63.6 Å². The van der Waals surface area contributed by atoms with Gasteiger partial charge in [-0.25, -0.2) is 9.78 Å². The monoisotopic (exact) mass is 290 g/mol. The Labute approximate surface area is 122 Å². The van der Waals surface area contributed by atoms with Gasteiger partial charge in [0.25, 0.3) is 5.56 Å². The van der Waals surface area contributed by atoms with E-state index in [1.165, 1.54) is 36.7 Å². The van der Waals surface area contributed by atoms with Gasteiger partial charge in [0.15, 0.2) is 5.65 Å². The first-order valence-corrected chi connectivity index (χ1v) is 7.93. The van der Waals surface area contributed by atoms with Gasteiger partial charge in [0.1, 0.15) is 11.3 Å². The highest BCUT2D eigenvalue weighted by Gasteiger charge is 2.19. The lowest BCUT2D eigenvalue weighted by Crippen LogP contribution is -2.29. The van der Waals surface area contributed by atoms with Crippen LogP contribution in [-0.4, -0.2) is 19.5 Å². The van der Waals surface area contributed by atoms with E-state index in [0.717, 1.165) is 18.7 Å². The molecule has 3 rings (SSSR count). The van der Waals surface area contributed by atoms with E-state index in [-0.39, 0.29) is 11.2 Å². The second-order valence-corrected chi connectivity index (χ2v) is 5.87. The number of aryl methyl sites for hydroxylation is 1. The quantitative estimate of drug-likeness (QED) is 0.889. The molecule has 0 aromatic carbocycles. The number of hydrogen-bond acceptors (Lipinski definition) is 3. The molecular formula is C15H22N4O2. The summed E-state index contributed by atoms with van der Waals surface area (Å²) in [5.41, 5.74) is 0.159. The zero-order chi connectivity index (χ0) is 14.8. The molecule has 0 amide bonds. The molecule has 0 aliphatic heterocycles. The Morgan fingerprint density at radius 3 is 2.43 bits per heavy atom. The van der Waals surface area contributed by atoms with E-state index in [0.29, 0.717) is 23.6 Å². The normalized spacial score (nSPS) is 17.8. The molecule has 2 aromatic heterocycles. The lowest BCUT2D eigenvalue weighted by Gasteiger charge is -2.17. The summed E-state index contributed by atoms with van der Waals surface area (Å²) in [4.78, 5) is 33.9. The molecule has 0 bridgehead atoms. The van der Waals surface area contributed by atoms with Gasteiger partial charge in [-0.05, 0) is 19.8 Å². The molecule has 0 atom stereocenters. The van der Waals surface area contributed by atoms with Crippen LogP contribution < -0.4 is 11.2 Å². The molecule has 21 heavy (non-hydrogen) atoms.